The van der Waals surface area contributed by atoms with Gasteiger partial charge in [0.15, 0.2) is 6.29 Å². The molecule has 1 saturated heterocycles. The van der Waals surface area contributed by atoms with Gasteiger partial charge in [-0.05, 0) is 16.7 Å². The second-order valence-corrected chi connectivity index (χ2v) is 6.00. The van der Waals surface area contributed by atoms with Gasteiger partial charge in [-0.15, -0.1) is 0 Å². The van der Waals surface area contributed by atoms with E-state index >= 15 is 0 Å². The smallest absolute Gasteiger partial charge is 0.184 e. The summed E-state index contributed by atoms with van der Waals surface area (Å²) in [4.78, 5) is 2.76. The Bertz CT molecular complexity index is 722. The van der Waals surface area contributed by atoms with Crippen LogP contribution in [-0.4, -0.2) is 36.3 Å². The predicted molar refractivity (Wildman–Crippen MR) is 94.9 cm³/mol. The van der Waals surface area contributed by atoms with E-state index in [0.29, 0.717) is 13.2 Å². The molecule has 1 N–H and O–H groups in total. The van der Waals surface area contributed by atoms with E-state index in [1.165, 1.54) is 0 Å². The number of hydrogen-bond donors (Lipinski definition) is 1. The average Bonchev–Trinajstić information content (AvgIpc) is 2.99. The summed E-state index contributed by atoms with van der Waals surface area (Å²) >= 11 is 0. The van der Waals surface area contributed by atoms with E-state index in [2.05, 4.69) is 10.0 Å². The summed E-state index contributed by atoms with van der Waals surface area (Å²) in [5.41, 5.74) is 10.6. The maximum Gasteiger partial charge on any atom is 0.184 e. The molecule has 7 heteroatoms. The molecule has 0 aromatic heterocycles. The molecule has 3 rings (SSSR count). The molecule has 1 aliphatic heterocycles. The third kappa shape index (κ3) is 4.82. The molecule has 26 heavy (non-hydrogen) atoms. The molecule has 0 radical (unpaired) electrons. The van der Waals surface area contributed by atoms with E-state index in [-0.39, 0.29) is 6.54 Å². The molecule has 2 aromatic carbocycles. The van der Waals surface area contributed by atoms with Crippen LogP contribution >= 0.6 is 0 Å². The van der Waals surface area contributed by atoms with Crippen LogP contribution in [0.15, 0.2) is 65.8 Å². The number of rotatable bonds is 8. The Labute approximate surface area is 151 Å². The normalized spacial score (nSPS) is 25.0. The van der Waals surface area contributed by atoms with Crippen molar-refractivity contribution in [1.29, 1.82) is 0 Å². The lowest BCUT2D eigenvalue weighted by Crippen LogP contribution is -2.38. The van der Waals surface area contributed by atoms with E-state index in [9.17, 15) is 5.11 Å². The Balaban J connectivity index is 1.67. The summed E-state index contributed by atoms with van der Waals surface area (Å²) in [6, 6.07) is 19.4. The Morgan fingerprint density at radius 2 is 1.46 bits per heavy atom. The van der Waals surface area contributed by atoms with Crippen molar-refractivity contribution in [2.24, 2.45) is 5.11 Å². The standard InChI is InChI=1S/C19H21N3O4/c20-22-21-11-16-17(24-12-14-7-3-1-4-8-14)18(19(23)26-16)25-13-15-9-5-2-6-10-15/h1-10,16-19,23H,11-13H2/t16-,17+,18-,19?/m1/s1. The second-order valence-electron chi connectivity index (χ2n) is 6.00. The molecule has 1 fully saturated rings. The minimum absolute atomic E-state index is 0.0677. The maximum atomic E-state index is 10.2. The van der Waals surface area contributed by atoms with Crippen molar-refractivity contribution in [2.75, 3.05) is 6.54 Å². The first-order chi connectivity index (χ1) is 12.8. The molecule has 7 nitrogen and oxygen atoms in total. The summed E-state index contributed by atoms with van der Waals surface area (Å²) in [5.74, 6) is 0. The Morgan fingerprint density at radius 1 is 0.923 bits per heavy atom. The summed E-state index contributed by atoms with van der Waals surface area (Å²) in [7, 11) is 0. The topological polar surface area (TPSA) is 96.7 Å². The summed E-state index contributed by atoms with van der Waals surface area (Å²) in [6.45, 7) is 0.739. The van der Waals surface area contributed by atoms with Crippen molar-refractivity contribution in [2.45, 2.75) is 37.8 Å². The maximum absolute atomic E-state index is 10.2. The van der Waals surface area contributed by atoms with Gasteiger partial charge in [-0.2, -0.15) is 0 Å². The van der Waals surface area contributed by atoms with Gasteiger partial charge in [-0.1, -0.05) is 65.8 Å². The van der Waals surface area contributed by atoms with E-state index < -0.39 is 24.6 Å². The fourth-order valence-corrected chi connectivity index (χ4v) is 2.88. The fourth-order valence-electron chi connectivity index (χ4n) is 2.88. The lowest BCUT2D eigenvalue weighted by atomic mass is 10.1. The first-order valence-electron chi connectivity index (χ1n) is 8.43. The number of aliphatic hydroxyl groups is 1. The zero-order valence-corrected chi connectivity index (χ0v) is 14.2. The zero-order chi connectivity index (χ0) is 18.2. The van der Waals surface area contributed by atoms with Crippen molar-refractivity contribution >= 4 is 0 Å². The summed E-state index contributed by atoms with van der Waals surface area (Å²) in [5, 5.41) is 13.8. The third-order valence-corrected chi connectivity index (χ3v) is 4.18. The molecule has 0 amide bonds. The fraction of sp³-hybridized carbons (Fsp3) is 0.368. The van der Waals surface area contributed by atoms with Gasteiger partial charge in [0.1, 0.15) is 12.2 Å². The van der Waals surface area contributed by atoms with Crippen molar-refractivity contribution < 1.29 is 19.3 Å². The van der Waals surface area contributed by atoms with Crippen LogP contribution in [0.5, 0.6) is 0 Å². The van der Waals surface area contributed by atoms with Crippen LogP contribution in [-0.2, 0) is 27.4 Å². The van der Waals surface area contributed by atoms with Gasteiger partial charge < -0.3 is 19.3 Å². The molecular weight excluding hydrogens is 334 g/mol. The summed E-state index contributed by atoms with van der Waals surface area (Å²) < 4.78 is 17.4. The van der Waals surface area contributed by atoms with Crippen molar-refractivity contribution in [1.82, 2.24) is 0 Å². The average molecular weight is 355 g/mol. The van der Waals surface area contributed by atoms with E-state index in [0.717, 1.165) is 11.1 Å². The first kappa shape index (κ1) is 18.4. The molecule has 0 aliphatic carbocycles. The second kappa shape index (κ2) is 9.33. The zero-order valence-electron chi connectivity index (χ0n) is 14.2. The van der Waals surface area contributed by atoms with E-state index in [4.69, 9.17) is 19.7 Å². The number of nitrogens with zero attached hydrogens (tertiary/aromatic N) is 3. The monoisotopic (exact) mass is 355 g/mol. The predicted octanol–water partition coefficient (Wildman–Crippen LogP) is 3.18. The molecule has 0 saturated carbocycles. The van der Waals surface area contributed by atoms with E-state index in [1.54, 1.807) is 0 Å². The van der Waals surface area contributed by atoms with Crippen LogP contribution in [0.4, 0.5) is 0 Å². The largest absolute Gasteiger partial charge is 0.368 e. The van der Waals surface area contributed by atoms with Crippen molar-refractivity contribution in [3.63, 3.8) is 0 Å². The van der Waals surface area contributed by atoms with Gasteiger partial charge in [0.2, 0.25) is 0 Å². The quantitative estimate of drug-likeness (QED) is 0.447. The minimum Gasteiger partial charge on any atom is -0.368 e. The summed E-state index contributed by atoms with van der Waals surface area (Å²) in [6.07, 6.45) is -2.92. The SMILES string of the molecule is [N-]=[N+]=NC[C@H]1OC(O)[C@H](OCc2ccccc2)[C@H]1OCc1ccccc1. The van der Waals surface area contributed by atoms with Crippen LogP contribution in [0.1, 0.15) is 11.1 Å². The number of ether oxygens (including phenoxy) is 3. The van der Waals surface area contributed by atoms with Crippen LogP contribution in [0, 0.1) is 0 Å². The molecular formula is C19H21N3O4. The highest BCUT2D eigenvalue weighted by atomic mass is 16.7. The van der Waals surface area contributed by atoms with Gasteiger partial charge >= 0.3 is 0 Å². The highest BCUT2D eigenvalue weighted by molar-refractivity contribution is 5.14. The molecule has 4 atom stereocenters. The number of azide groups is 1. The molecule has 1 aliphatic rings. The number of benzene rings is 2. The van der Waals surface area contributed by atoms with Crippen LogP contribution in [0.25, 0.3) is 10.4 Å². The first-order valence-corrected chi connectivity index (χ1v) is 8.43. The Kier molecular flexibility index (Phi) is 6.60. The lowest BCUT2D eigenvalue weighted by molar-refractivity contribution is -0.148. The molecule has 1 heterocycles. The molecule has 0 spiro atoms. The molecule has 136 valence electrons. The van der Waals surface area contributed by atoms with Crippen molar-refractivity contribution in [3.05, 3.63) is 82.2 Å². The van der Waals surface area contributed by atoms with E-state index in [1.807, 2.05) is 60.7 Å². The van der Waals surface area contributed by atoms with Crippen molar-refractivity contribution in [3.8, 4) is 0 Å². The Hall–Kier alpha value is -2.41. The third-order valence-electron chi connectivity index (χ3n) is 4.18. The van der Waals surface area contributed by atoms with Crippen LogP contribution in [0.3, 0.4) is 0 Å². The molecule has 1 unspecified atom stereocenters. The molecule has 2 aromatic rings. The Morgan fingerprint density at radius 3 is 2.00 bits per heavy atom. The lowest BCUT2D eigenvalue weighted by Gasteiger charge is -2.23. The minimum atomic E-state index is -1.14. The highest BCUT2D eigenvalue weighted by Crippen LogP contribution is 2.27. The number of hydrogen-bond acceptors (Lipinski definition) is 5. The van der Waals surface area contributed by atoms with Gasteiger partial charge in [-0.25, -0.2) is 0 Å². The van der Waals surface area contributed by atoms with Crippen LogP contribution < -0.4 is 0 Å². The van der Waals surface area contributed by atoms with Gasteiger partial charge in [0.05, 0.1) is 25.9 Å². The van der Waals surface area contributed by atoms with Gasteiger partial charge in [0.25, 0.3) is 0 Å². The van der Waals surface area contributed by atoms with Gasteiger partial charge in [-0.3, -0.25) is 0 Å². The van der Waals surface area contributed by atoms with Crippen LogP contribution in [0.2, 0.25) is 0 Å². The molecule has 0 bridgehead atoms. The number of aliphatic hydroxyl groups excluding tert-OH is 1. The highest BCUT2D eigenvalue weighted by Gasteiger charge is 2.45. The van der Waals surface area contributed by atoms with Gasteiger partial charge in [0, 0.05) is 4.91 Å².